The summed E-state index contributed by atoms with van der Waals surface area (Å²) in [6.45, 7) is 4.44. The van der Waals surface area contributed by atoms with Crippen molar-refractivity contribution in [3.8, 4) is 11.3 Å². The van der Waals surface area contributed by atoms with Crippen LogP contribution in [0.3, 0.4) is 0 Å². The zero-order valence-electron chi connectivity index (χ0n) is 20.2. The third kappa shape index (κ3) is 5.22. The first-order valence-electron chi connectivity index (χ1n) is 11.1. The fraction of sp³-hybridized carbons (Fsp3) is 0.240. The number of halogens is 5. The third-order valence-electron chi connectivity index (χ3n) is 5.66. The number of anilines is 1. The summed E-state index contributed by atoms with van der Waals surface area (Å²) >= 11 is 6.42. The van der Waals surface area contributed by atoms with Crippen LogP contribution in [0.4, 0.5) is 23.2 Å². The van der Waals surface area contributed by atoms with E-state index in [4.69, 9.17) is 17.3 Å². The van der Waals surface area contributed by atoms with Crippen molar-refractivity contribution in [2.24, 2.45) is 5.73 Å². The molecule has 198 valence electrons. The SMILES string of the molecule is Cc1nc2cc(F)c(-c3cnc(C(C)(C)O)nc3)nc2c(NC(c2cc(C(N)=O)ccc2F)C(F)F)c1Cl. The molecule has 1 unspecified atom stereocenters. The molecule has 0 aliphatic rings. The Kier molecular flexibility index (Phi) is 7.22. The number of rotatable bonds is 7. The summed E-state index contributed by atoms with van der Waals surface area (Å²) in [7, 11) is 0. The Balaban J connectivity index is 1.88. The predicted octanol–water partition coefficient (Wildman–Crippen LogP) is 5.07. The first-order chi connectivity index (χ1) is 17.8. The van der Waals surface area contributed by atoms with Crippen molar-refractivity contribution in [2.45, 2.75) is 38.8 Å². The molecule has 0 radical (unpaired) electrons. The van der Waals surface area contributed by atoms with Crippen LogP contribution in [0.15, 0.2) is 36.7 Å². The molecule has 3 aromatic heterocycles. The smallest absolute Gasteiger partial charge is 0.262 e. The van der Waals surface area contributed by atoms with Crippen molar-refractivity contribution < 1.29 is 27.5 Å². The molecule has 0 bridgehead atoms. The maximum absolute atomic E-state index is 15.1. The maximum Gasteiger partial charge on any atom is 0.262 e. The predicted molar refractivity (Wildman–Crippen MR) is 133 cm³/mol. The standard InChI is InChI=1S/C25H21ClF4N6O2/c1-10-17(26)21(36-19(22(29)30)13-6-11(23(31)37)4-5-14(13)27)20-16(34-10)7-15(28)18(35-20)12-8-32-24(33-9-12)25(2,3)38/h4-9,19,22,38H,1-3H3,(H2,31,37)(H,34,36). The van der Waals surface area contributed by atoms with E-state index in [2.05, 4.69) is 25.3 Å². The van der Waals surface area contributed by atoms with Gasteiger partial charge in [0.05, 0.1) is 21.9 Å². The number of primary amides is 1. The number of benzene rings is 1. The monoisotopic (exact) mass is 548 g/mol. The molecule has 8 nitrogen and oxygen atoms in total. The van der Waals surface area contributed by atoms with Crippen LogP contribution in [-0.4, -0.2) is 37.4 Å². The van der Waals surface area contributed by atoms with Gasteiger partial charge in [0.15, 0.2) is 11.6 Å². The zero-order chi connectivity index (χ0) is 27.9. The number of aryl methyl sites for hydroxylation is 1. The van der Waals surface area contributed by atoms with E-state index in [0.29, 0.717) is 0 Å². The van der Waals surface area contributed by atoms with E-state index < -0.39 is 41.2 Å². The van der Waals surface area contributed by atoms with Crippen LogP contribution in [0, 0.1) is 18.6 Å². The van der Waals surface area contributed by atoms with Gasteiger partial charge in [-0.3, -0.25) is 4.79 Å². The lowest BCUT2D eigenvalue weighted by Crippen LogP contribution is -2.22. The highest BCUT2D eigenvalue weighted by atomic mass is 35.5. The molecule has 0 saturated carbocycles. The van der Waals surface area contributed by atoms with Gasteiger partial charge in [-0.15, -0.1) is 0 Å². The van der Waals surface area contributed by atoms with E-state index in [9.17, 15) is 23.1 Å². The minimum atomic E-state index is -3.17. The van der Waals surface area contributed by atoms with Crippen molar-refractivity contribution in [1.29, 1.82) is 0 Å². The number of hydrogen-bond donors (Lipinski definition) is 3. The lowest BCUT2D eigenvalue weighted by atomic mass is 10.0. The lowest BCUT2D eigenvalue weighted by Gasteiger charge is -2.23. The quantitative estimate of drug-likeness (QED) is 0.275. The average Bonchev–Trinajstić information content (AvgIpc) is 2.84. The van der Waals surface area contributed by atoms with Crippen molar-refractivity contribution >= 4 is 34.2 Å². The van der Waals surface area contributed by atoms with E-state index >= 15 is 4.39 Å². The second-order valence-corrected chi connectivity index (χ2v) is 9.36. The number of carbonyl (C=O) groups excluding carboxylic acids is 1. The van der Waals surface area contributed by atoms with Crippen LogP contribution in [-0.2, 0) is 5.60 Å². The van der Waals surface area contributed by atoms with Crippen LogP contribution in [0.25, 0.3) is 22.3 Å². The Morgan fingerprint density at radius 1 is 1.11 bits per heavy atom. The highest BCUT2D eigenvalue weighted by molar-refractivity contribution is 6.35. The minimum absolute atomic E-state index is 0.0101. The fourth-order valence-corrected chi connectivity index (χ4v) is 3.92. The van der Waals surface area contributed by atoms with E-state index in [-0.39, 0.29) is 50.1 Å². The van der Waals surface area contributed by atoms with E-state index in [0.717, 1.165) is 24.3 Å². The van der Waals surface area contributed by atoms with Gasteiger partial charge in [0.2, 0.25) is 5.91 Å². The summed E-state index contributed by atoms with van der Waals surface area (Å²) in [5.74, 6) is -2.65. The Bertz CT molecular complexity index is 1540. The molecule has 0 spiro atoms. The van der Waals surface area contributed by atoms with Gasteiger partial charge in [0.25, 0.3) is 6.43 Å². The van der Waals surface area contributed by atoms with Crippen LogP contribution in [0.5, 0.6) is 0 Å². The van der Waals surface area contributed by atoms with Crippen LogP contribution in [0.2, 0.25) is 5.02 Å². The number of pyridine rings is 2. The number of nitrogens with one attached hydrogen (secondary N) is 1. The summed E-state index contributed by atoms with van der Waals surface area (Å²) in [5, 5.41) is 12.5. The number of nitrogens with zero attached hydrogens (tertiary/aromatic N) is 4. The topological polar surface area (TPSA) is 127 Å². The number of fused-ring (bicyclic) bond motifs is 1. The van der Waals surface area contributed by atoms with Gasteiger partial charge >= 0.3 is 0 Å². The van der Waals surface area contributed by atoms with Gasteiger partial charge in [-0.2, -0.15) is 0 Å². The van der Waals surface area contributed by atoms with Crippen molar-refractivity contribution in [1.82, 2.24) is 19.9 Å². The number of amides is 1. The van der Waals surface area contributed by atoms with Gasteiger partial charge in [0, 0.05) is 35.2 Å². The molecular formula is C25H21ClF4N6O2. The molecule has 4 N–H and O–H groups in total. The van der Waals surface area contributed by atoms with Crippen LogP contribution >= 0.6 is 11.6 Å². The summed E-state index contributed by atoms with van der Waals surface area (Å²) in [6.07, 6.45) is -0.670. The third-order valence-corrected chi connectivity index (χ3v) is 6.12. The first kappa shape index (κ1) is 27.1. The Morgan fingerprint density at radius 3 is 2.34 bits per heavy atom. The Labute approximate surface area is 218 Å². The molecule has 1 amide bonds. The van der Waals surface area contributed by atoms with Gasteiger partial charge in [-0.05, 0) is 39.0 Å². The molecule has 0 saturated heterocycles. The molecule has 13 heteroatoms. The number of alkyl halides is 2. The normalized spacial score (nSPS) is 12.7. The van der Waals surface area contributed by atoms with E-state index in [1.807, 2.05) is 0 Å². The first-order valence-corrected chi connectivity index (χ1v) is 11.5. The molecule has 3 heterocycles. The summed E-state index contributed by atoms with van der Waals surface area (Å²) in [5.41, 5.74) is 3.00. The molecular weight excluding hydrogens is 528 g/mol. The second-order valence-electron chi connectivity index (χ2n) is 8.98. The van der Waals surface area contributed by atoms with E-state index in [1.54, 1.807) is 0 Å². The van der Waals surface area contributed by atoms with Crippen molar-refractivity contribution in [3.63, 3.8) is 0 Å². The molecule has 0 aliphatic carbocycles. The molecule has 38 heavy (non-hydrogen) atoms. The number of aromatic nitrogens is 4. The lowest BCUT2D eigenvalue weighted by molar-refractivity contribution is 0.0687. The largest absolute Gasteiger partial charge is 0.382 e. The average molecular weight is 549 g/mol. The Morgan fingerprint density at radius 2 is 1.76 bits per heavy atom. The highest BCUT2D eigenvalue weighted by Gasteiger charge is 2.29. The number of aliphatic hydroxyl groups is 1. The summed E-state index contributed by atoms with van der Waals surface area (Å²) in [6, 6.07) is 1.91. The van der Waals surface area contributed by atoms with Gasteiger partial charge in [0.1, 0.15) is 28.7 Å². The summed E-state index contributed by atoms with van der Waals surface area (Å²) < 4.78 is 58.2. The van der Waals surface area contributed by atoms with Gasteiger partial charge < -0.3 is 16.2 Å². The molecule has 1 atom stereocenters. The zero-order valence-corrected chi connectivity index (χ0v) is 21.0. The van der Waals surface area contributed by atoms with Crippen LogP contribution < -0.4 is 11.1 Å². The number of hydrogen-bond acceptors (Lipinski definition) is 7. The van der Waals surface area contributed by atoms with Crippen molar-refractivity contribution in [3.05, 3.63) is 76.0 Å². The Hall–Kier alpha value is -3.90. The molecule has 4 rings (SSSR count). The molecule has 4 aromatic rings. The van der Waals surface area contributed by atoms with Gasteiger partial charge in [-0.1, -0.05) is 11.6 Å². The number of carbonyl (C=O) groups is 1. The fourth-order valence-electron chi connectivity index (χ4n) is 3.73. The van der Waals surface area contributed by atoms with Crippen LogP contribution in [0.1, 0.15) is 47.3 Å². The maximum atomic E-state index is 15.1. The van der Waals surface area contributed by atoms with Gasteiger partial charge in [-0.25, -0.2) is 37.5 Å². The second kappa shape index (κ2) is 10.1. The minimum Gasteiger partial charge on any atom is -0.382 e. The van der Waals surface area contributed by atoms with Crippen molar-refractivity contribution in [2.75, 3.05) is 5.32 Å². The molecule has 0 aliphatic heterocycles. The van der Waals surface area contributed by atoms with E-state index in [1.165, 1.54) is 33.2 Å². The summed E-state index contributed by atoms with van der Waals surface area (Å²) in [4.78, 5) is 28.1. The number of nitrogens with two attached hydrogens (primary N) is 1. The highest BCUT2D eigenvalue weighted by Crippen LogP contribution is 2.38. The molecule has 0 fully saturated rings. The molecule has 1 aromatic carbocycles.